The molecule has 0 aliphatic heterocycles. The Balaban J connectivity index is 2.39. The number of aromatic amines is 1. The number of aryl methyl sites for hydroxylation is 1. The molecule has 0 amide bonds. The molecular weight excluding hydrogens is 259 g/mol. The normalized spacial score (nSPS) is 11.4. The van der Waals surface area contributed by atoms with Gasteiger partial charge in [-0.25, -0.2) is 12.8 Å². The average Bonchev–Trinajstić information content (AvgIpc) is 2.66. The molecule has 2 rings (SSSR count). The van der Waals surface area contributed by atoms with Crippen molar-refractivity contribution in [2.75, 3.05) is 10.5 Å². The molecule has 0 aliphatic rings. The van der Waals surface area contributed by atoms with Gasteiger partial charge in [-0.15, -0.1) is 0 Å². The fourth-order valence-electron chi connectivity index (χ4n) is 1.40. The summed E-state index contributed by atoms with van der Waals surface area (Å²) in [5, 5.41) is 6.32. The van der Waals surface area contributed by atoms with Gasteiger partial charge in [0.25, 0.3) is 10.0 Å². The van der Waals surface area contributed by atoms with Crippen LogP contribution in [0, 0.1) is 12.7 Å². The lowest BCUT2D eigenvalue weighted by molar-refractivity contribution is 0.595. The zero-order valence-electron chi connectivity index (χ0n) is 9.44. The van der Waals surface area contributed by atoms with Crippen molar-refractivity contribution in [1.82, 2.24) is 10.2 Å². The van der Waals surface area contributed by atoms with Crippen LogP contribution in [0.3, 0.4) is 0 Å². The van der Waals surface area contributed by atoms with Crippen LogP contribution >= 0.6 is 0 Å². The van der Waals surface area contributed by atoms with Gasteiger partial charge >= 0.3 is 0 Å². The minimum Gasteiger partial charge on any atom is -0.398 e. The van der Waals surface area contributed by atoms with Crippen LogP contribution in [-0.2, 0) is 10.0 Å². The predicted octanol–water partition coefficient (Wildman–Crippen LogP) is 1.24. The standard InChI is InChI=1S/C10H11FN4O2S/c1-6-4-10(14-13-6)15-18(16,17)9-5-7(11)2-3-8(9)12/h2-5H,12H2,1H3,(H2,13,14,15). The van der Waals surface area contributed by atoms with E-state index < -0.39 is 15.8 Å². The zero-order chi connectivity index (χ0) is 13.3. The van der Waals surface area contributed by atoms with Crippen LogP contribution in [0.5, 0.6) is 0 Å². The molecule has 0 aliphatic carbocycles. The number of benzene rings is 1. The first-order valence-electron chi connectivity index (χ1n) is 4.98. The van der Waals surface area contributed by atoms with Gasteiger partial charge in [-0.05, 0) is 25.1 Å². The van der Waals surface area contributed by atoms with Crippen LogP contribution < -0.4 is 10.5 Å². The highest BCUT2D eigenvalue weighted by Gasteiger charge is 2.19. The van der Waals surface area contributed by atoms with Crippen LogP contribution in [0.15, 0.2) is 29.2 Å². The lowest BCUT2D eigenvalue weighted by Crippen LogP contribution is -2.15. The molecule has 18 heavy (non-hydrogen) atoms. The van der Waals surface area contributed by atoms with Crippen LogP contribution in [-0.4, -0.2) is 18.6 Å². The third-order valence-electron chi connectivity index (χ3n) is 2.21. The number of hydrogen-bond acceptors (Lipinski definition) is 4. The van der Waals surface area contributed by atoms with Crippen molar-refractivity contribution in [2.45, 2.75) is 11.8 Å². The first-order valence-corrected chi connectivity index (χ1v) is 6.46. The summed E-state index contributed by atoms with van der Waals surface area (Å²) >= 11 is 0. The number of nitrogens with zero attached hydrogens (tertiary/aromatic N) is 1. The van der Waals surface area contributed by atoms with Gasteiger partial charge in [-0.3, -0.25) is 9.82 Å². The van der Waals surface area contributed by atoms with E-state index in [4.69, 9.17) is 5.73 Å². The van der Waals surface area contributed by atoms with E-state index in [2.05, 4.69) is 14.9 Å². The number of H-pyrrole nitrogens is 1. The molecule has 1 aromatic heterocycles. The Hall–Kier alpha value is -2.09. The summed E-state index contributed by atoms with van der Waals surface area (Å²) < 4.78 is 39.2. The summed E-state index contributed by atoms with van der Waals surface area (Å²) in [7, 11) is -3.95. The van der Waals surface area contributed by atoms with Crippen LogP contribution in [0.2, 0.25) is 0 Å². The number of anilines is 2. The first kappa shape index (κ1) is 12.4. The average molecular weight is 270 g/mol. The van der Waals surface area contributed by atoms with Gasteiger partial charge in [-0.1, -0.05) is 0 Å². The SMILES string of the molecule is Cc1cc(NS(=O)(=O)c2cc(F)ccc2N)n[nH]1. The van der Waals surface area contributed by atoms with E-state index in [1.54, 1.807) is 6.92 Å². The highest BCUT2D eigenvalue weighted by molar-refractivity contribution is 7.92. The topological polar surface area (TPSA) is 101 Å². The molecule has 1 aromatic carbocycles. The highest BCUT2D eigenvalue weighted by Crippen LogP contribution is 2.21. The second-order valence-corrected chi connectivity index (χ2v) is 5.37. The fourth-order valence-corrected chi connectivity index (χ4v) is 2.54. The number of rotatable bonds is 3. The number of nitrogen functional groups attached to an aromatic ring is 1. The molecule has 0 saturated carbocycles. The molecule has 6 nitrogen and oxygen atoms in total. The van der Waals surface area contributed by atoms with Gasteiger partial charge < -0.3 is 5.73 Å². The molecule has 0 saturated heterocycles. The fraction of sp³-hybridized carbons (Fsp3) is 0.100. The van der Waals surface area contributed by atoms with E-state index in [1.165, 1.54) is 12.1 Å². The molecule has 0 unspecified atom stereocenters. The van der Waals surface area contributed by atoms with Gasteiger partial charge in [0.05, 0.1) is 5.69 Å². The monoisotopic (exact) mass is 270 g/mol. The Kier molecular flexibility index (Phi) is 2.95. The molecule has 0 atom stereocenters. The van der Waals surface area contributed by atoms with Crippen molar-refractivity contribution < 1.29 is 12.8 Å². The molecule has 1 heterocycles. The molecule has 0 radical (unpaired) electrons. The molecule has 4 N–H and O–H groups in total. The van der Waals surface area contributed by atoms with Gasteiger partial charge in [0.1, 0.15) is 10.7 Å². The van der Waals surface area contributed by atoms with E-state index in [-0.39, 0.29) is 16.4 Å². The summed E-state index contributed by atoms with van der Waals surface area (Å²) in [6.45, 7) is 1.72. The summed E-state index contributed by atoms with van der Waals surface area (Å²) in [6.07, 6.45) is 0. The summed E-state index contributed by atoms with van der Waals surface area (Å²) in [6, 6.07) is 4.65. The Morgan fingerprint density at radius 3 is 2.72 bits per heavy atom. The third-order valence-corrected chi connectivity index (χ3v) is 3.62. The molecular formula is C10H11FN4O2S. The Labute approximate surface area is 103 Å². The number of nitrogens with one attached hydrogen (secondary N) is 2. The number of nitrogens with two attached hydrogens (primary N) is 1. The van der Waals surface area contributed by atoms with Crippen molar-refractivity contribution >= 4 is 21.5 Å². The zero-order valence-corrected chi connectivity index (χ0v) is 10.3. The predicted molar refractivity (Wildman–Crippen MR) is 64.9 cm³/mol. The lowest BCUT2D eigenvalue weighted by Gasteiger charge is -2.07. The Morgan fingerprint density at radius 2 is 2.11 bits per heavy atom. The minimum absolute atomic E-state index is 0.0313. The quantitative estimate of drug-likeness (QED) is 0.730. The van der Waals surface area contributed by atoms with Gasteiger partial charge in [0.15, 0.2) is 5.82 Å². The maximum absolute atomic E-state index is 13.1. The Morgan fingerprint density at radius 1 is 1.39 bits per heavy atom. The number of halogens is 1. The molecule has 2 aromatic rings. The Bertz CT molecular complexity index is 681. The van der Waals surface area contributed by atoms with Gasteiger partial charge in [-0.2, -0.15) is 5.10 Å². The summed E-state index contributed by atoms with van der Waals surface area (Å²) in [4.78, 5) is -0.317. The molecule has 0 fully saturated rings. The van der Waals surface area contributed by atoms with Crippen LogP contribution in [0.4, 0.5) is 15.9 Å². The molecule has 8 heteroatoms. The second kappa shape index (κ2) is 4.30. The van der Waals surface area contributed by atoms with E-state index in [0.29, 0.717) is 5.69 Å². The van der Waals surface area contributed by atoms with E-state index in [9.17, 15) is 12.8 Å². The number of hydrogen-bond donors (Lipinski definition) is 3. The van der Waals surface area contributed by atoms with E-state index in [1.807, 2.05) is 0 Å². The van der Waals surface area contributed by atoms with E-state index >= 15 is 0 Å². The van der Waals surface area contributed by atoms with Crippen LogP contribution in [0.25, 0.3) is 0 Å². The maximum atomic E-state index is 13.1. The van der Waals surface area contributed by atoms with Crippen molar-refractivity contribution in [3.05, 3.63) is 35.8 Å². The minimum atomic E-state index is -3.95. The van der Waals surface area contributed by atoms with Crippen molar-refractivity contribution in [3.8, 4) is 0 Å². The van der Waals surface area contributed by atoms with E-state index in [0.717, 1.165) is 12.1 Å². The first-order chi connectivity index (χ1) is 8.38. The summed E-state index contributed by atoms with van der Waals surface area (Å²) in [5.41, 5.74) is 6.18. The second-order valence-electron chi connectivity index (χ2n) is 3.72. The van der Waals surface area contributed by atoms with Crippen molar-refractivity contribution in [2.24, 2.45) is 0 Å². The molecule has 0 spiro atoms. The molecule has 96 valence electrons. The highest BCUT2D eigenvalue weighted by atomic mass is 32.2. The van der Waals surface area contributed by atoms with Crippen LogP contribution in [0.1, 0.15) is 5.69 Å². The molecule has 0 bridgehead atoms. The largest absolute Gasteiger partial charge is 0.398 e. The van der Waals surface area contributed by atoms with Gasteiger partial charge in [0.2, 0.25) is 0 Å². The maximum Gasteiger partial charge on any atom is 0.265 e. The lowest BCUT2D eigenvalue weighted by atomic mass is 10.3. The smallest absolute Gasteiger partial charge is 0.265 e. The summed E-state index contributed by atoms with van der Waals surface area (Å²) in [5.74, 6) is -0.557. The van der Waals surface area contributed by atoms with Gasteiger partial charge in [0, 0.05) is 11.8 Å². The van der Waals surface area contributed by atoms with Crippen molar-refractivity contribution in [3.63, 3.8) is 0 Å². The number of sulfonamides is 1. The number of aromatic nitrogens is 2. The van der Waals surface area contributed by atoms with Crippen molar-refractivity contribution in [1.29, 1.82) is 0 Å². The third kappa shape index (κ3) is 2.43.